The van der Waals surface area contributed by atoms with Gasteiger partial charge in [0.05, 0.1) is 12.7 Å². The fourth-order valence-electron chi connectivity index (χ4n) is 1.89. The molecule has 0 aliphatic heterocycles. The molecule has 0 aliphatic carbocycles. The Balaban J connectivity index is 1.84. The van der Waals surface area contributed by atoms with Crippen molar-refractivity contribution in [3.63, 3.8) is 0 Å². The lowest BCUT2D eigenvalue weighted by atomic mass is 10.2. The zero-order valence-corrected chi connectivity index (χ0v) is 13.1. The Kier molecular flexibility index (Phi) is 5.68. The number of hydrogen-bond donors (Lipinski definition) is 0. The second-order valence-electron chi connectivity index (χ2n) is 4.90. The van der Waals surface area contributed by atoms with Crippen LogP contribution in [0.5, 0.6) is 5.88 Å². The molecule has 6 nitrogen and oxygen atoms in total. The van der Waals surface area contributed by atoms with Gasteiger partial charge in [-0.15, -0.1) is 0 Å². The molecule has 6 heteroatoms. The van der Waals surface area contributed by atoms with Crippen LogP contribution in [0.15, 0.2) is 48.7 Å². The standard InChI is InChI=1S/C17H18N2O4/c1-19(11-13-6-4-3-5-7-13)16(20)12-23-17(21)14-8-9-15(22-2)18-10-14/h3-10H,11-12H2,1-2H3. The fourth-order valence-corrected chi connectivity index (χ4v) is 1.89. The molecule has 120 valence electrons. The van der Waals surface area contributed by atoms with Crippen LogP contribution in [-0.2, 0) is 16.1 Å². The molecule has 2 rings (SSSR count). The van der Waals surface area contributed by atoms with Gasteiger partial charge >= 0.3 is 5.97 Å². The van der Waals surface area contributed by atoms with E-state index in [1.54, 1.807) is 13.1 Å². The molecule has 0 aliphatic rings. The van der Waals surface area contributed by atoms with E-state index >= 15 is 0 Å². The number of nitrogens with zero attached hydrogens (tertiary/aromatic N) is 2. The lowest BCUT2D eigenvalue weighted by Crippen LogP contribution is -2.30. The maximum absolute atomic E-state index is 12.0. The van der Waals surface area contributed by atoms with E-state index in [2.05, 4.69) is 4.98 Å². The van der Waals surface area contributed by atoms with E-state index in [0.29, 0.717) is 12.4 Å². The summed E-state index contributed by atoms with van der Waals surface area (Å²) in [7, 11) is 3.15. The monoisotopic (exact) mass is 314 g/mol. The van der Waals surface area contributed by atoms with E-state index in [9.17, 15) is 9.59 Å². The van der Waals surface area contributed by atoms with Crippen molar-refractivity contribution in [2.24, 2.45) is 0 Å². The van der Waals surface area contributed by atoms with Crippen LogP contribution in [0.1, 0.15) is 15.9 Å². The van der Waals surface area contributed by atoms with Gasteiger partial charge in [-0.1, -0.05) is 30.3 Å². The first kappa shape index (κ1) is 16.5. The van der Waals surface area contributed by atoms with Gasteiger partial charge in [-0.2, -0.15) is 0 Å². The molecule has 1 aromatic heterocycles. The summed E-state index contributed by atoms with van der Waals surface area (Å²) in [5.41, 5.74) is 1.28. The molecule has 1 aromatic carbocycles. The summed E-state index contributed by atoms with van der Waals surface area (Å²) in [5.74, 6) is -0.467. The van der Waals surface area contributed by atoms with Gasteiger partial charge in [-0.05, 0) is 11.6 Å². The first-order valence-corrected chi connectivity index (χ1v) is 7.05. The van der Waals surface area contributed by atoms with Crippen molar-refractivity contribution in [2.45, 2.75) is 6.54 Å². The van der Waals surface area contributed by atoms with Crippen LogP contribution in [0.25, 0.3) is 0 Å². The third kappa shape index (κ3) is 4.81. The number of amides is 1. The Hall–Kier alpha value is -2.89. The molecule has 0 N–H and O–H groups in total. The number of esters is 1. The Morgan fingerprint density at radius 1 is 1.13 bits per heavy atom. The normalized spacial score (nSPS) is 10.0. The number of benzene rings is 1. The van der Waals surface area contributed by atoms with Crippen molar-refractivity contribution in [2.75, 3.05) is 20.8 Å². The number of pyridine rings is 1. The highest BCUT2D eigenvalue weighted by molar-refractivity contribution is 5.91. The van der Waals surface area contributed by atoms with Crippen LogP contribution in [-0.4, -0.2) is 42.5 Å². The third-order valence-corrected chi connectivity index (χ3v) is 3.20. The summed E-state index contributed by atoms with van der Waals surface area (Å²) in [6.07, 6.45) is 1.35. The molecule has 2 aromatic rings. The highest BCUT2D eigenvalue weighted by Crippen LogP contribution is 2.08. The Bertz CT molecular complexity index is 656. The van der Waals surface area contributed by atoms with Gasteiger partial charge in [-0.3, -0.25) is 4.79 Å². The summed E-state index contributed by atoms with van der Waals surface area (Å²) in [5, 5.41) is 0. The van der Waals surface area contributed by atoms with Crippen molar-refractivity contribution in [1.29, 1.82) is 0 Å². The van der Waals surface area contributed by atoms with E-state index in [1.807, 2.05) is 30.3 Å². The van der Waals surface area contributed by atoms with E-state index in [1.165, 1.54) is 24.3 Å². The van der Waals surface area contributed by atoms with Crippen LogP contribution in [0, 0.1) is 0 Å². The molecular formula is C17H18N2O4. The molecule has 0 bridgehead atoms. The third-order valence-electron chi connectivity index (χ3n) is 3.20. The molecule has 0 spiro atoms. The second-order valence-corrected chi connectivity index (χ2v) is 4.90. The van der Waals surface area contributed by atoms with E-state index in [-0.39, 0.29) is 18.1 Å². The number of carbonyl (C=O) groups is 2. The molecule has 0 fully saturated rings. The van der Waals surface area contributed by atoms with Gasteiger partial charge in [0.15, 0.2) is 6.61 Å². The highest BCUT2D eigenvalue weighted by Gasteiger charge is 2.14. The minimum Gasteiger partial charge on any atom is -0.481 e. The maximum atomic E-state index is 12.0. The van der Waals surface area contributed by atoms with Crippen LogP contribution >= 0.6 is 0 Å². The predicted octanol–water partition coefficient (Wildman–Crippen LogP) is 1.91. The number of methoxy groups -OCH3 is 1. The summed E-state index contributed by atoms with van der Waals surface area (Å²) in [6.45, 7) is 0.148. The fraction of sp³-hybridized carbons (Fsp3) is 0.235. The zero-order chi connectivity index (χ0) is 16.7. The van der Waals surface area contributed by atoms with Crippen LogP contribution < -0.4 is 4.74 Å². The summed E-state index contributed by atoms with van der Waals surface area (Å²) in [4.78, 5) is 29.3. The quantitative estimate of drug-likeness (QED) is 0.762. The molecule has 23 heavy (non-hydrogen) atoms. The lowest BCUT2D eigenvalue weighted by molar-refractivity contribution is -0.133. The SMILES string of the molecule is COc1ccc(C(=O)OCC(=O)N(C)Cc2ccccc2)cn1. The second kappa shape index (κ2) is 7.93. The average Bonchev–Trinajstić information content (AvgIpc) is 2.60. The van der Waals surface area contributed by atoms with Gasteiger partial charge in [0.2, 0.25) is 5.88 Å². The van der Waals surface area contributed by atoms with Gasteiger partial charge in [0, 0.05) is 25.9 Å². The summed E-state index contributed by atoms with van der Waals surface area (Å²) < 4.78 is 9.92. The van der Waals surface area contributed by atoms with Gasteiger partial charge in [0.1, 0.15) is 0 Å². The molecular weight excluding hydrogens is 296 g/mol. The van der Waals surface area contributed by atoms with E-state index < -0.39 is 5.97 Å². The van der Waals surface area contributed by atoms with Gasteiger partial charge < -0.3 is 14.4 Å². The Labute approximate surface area is 134 Å². The average molecular weight is 314 g/mol. The van der Waals surface area contributed by atoms with Crippen LogP contribution in [0.4, 0.5) is 0 Å². The minimum atomic E-state index is -0.596. The predicted molar refractivity (Wildman–Crippen MR) is 84.0 cm³/mol. The number of likely N-dealkylation sites (N-methyl/N-ethyl adjacent to an activating group) is 1. The maximum Gasteiger partial charge on any atom is 0.340 e. The van der Waals surface area contributed by atoms with Crippen molar-refractivity contribution in [3.05, 3.63) is 59.8 Å². The highest BCUT2D eigenvalue weighted by atomic mass is 16.5. The van der Waals surface area contributed by atoms with Crippen molar-refractivity contribution >= 4 is 11.9 Å². The first-order valence-electron chi connectivity index (χ1n) is 7.05. The van der Waals surface area contributed by atoms with Gasteiger partial charge in [0.25, 0.3) is 5.91 Å². The van der Waals surface area contributed by atoms with Crippen molar-refractivity contribution < 1.29 is 19.1 Å². The van der Waals surface area contributed by atoms with Crippen LogP contribution in [0.3, 0.4) is 0 Å². The van der Waals surface area contributed by atoms with Gasteiger partial charge in [-0.25, -0.2) is 9.78 Å². The molecule has 0 saturated heterocycles. The minimum absolute atomic E-state index is 0.268. The molecule has 0 saturated carbocycles. The zero-order valence-electron chi connectivity index (χ0n) is 13.1. The van der Waals surface area contributed by atoms with Crippen LogP contribution in [0.2, 0.25) is 0 Å². The number of aromatic nitrogens is 1. The number of hydrogen-bond acceptors (Lipinski definition) is 5. The summed E-state index contributed by atoms with van der Waals surface area (Å²) in [6, 6.07) is 12.7. The van der Waals surface area contributed by atoms with E-state index in [4.69, 9.17) is 9.47 Å². The van der Waals surface area contributed by atoms with E-state index in [0.717, 1.165) is 5.56 Å². The van der Waals surface area contributed by atoms with Crippen molar-refractivity contribution in [1.82, 2.24) is 9.88 Å². The number of carbonyl (C=O) groups excluding carboxylic acids is 2. The molecule has 0 atom stereocenters. The largest absolute Gasteiger partial charge is 0.481 e. The Morgan fingerprint density at radius 2 is 1.87 bits per heavy atom. The summed E-state index contributed by atoms with van der Waals surface area (Å²) >= 11 is 0. The van der Waals surface area contributed by atoms with Crippen molar-refractivity contribution in [3.8, 4) is 5.88 Å². The first-order chi connectivity index (χ1) is 11.1. The number of ether oxygens (including phenoxy) is 2. The topological polar surface area (TPSA) is 68.7 Å². The smallest absolute Gasteiger partial charge is 0.340 e. The molecule has 1 amide bonds. The molecule has 0 radical (unpaired) electrons. The Morgan fingerprint density at radius 3 is 2.48 bits per heavy atom. The molecule has 1 heterocycles. The number of rotatable bonds is 6. The lowest BCUT2D eigenvalue weighted by Gasteiger charge is -2.17. The molecule has 0 unspecified atom stereocenters.